The molecular weight excluding hydrogens is 244 g/mol. The van der Waals surface area contributed by atoms with Crippen LogP contribution in [0, 0.1) is 5.92 Å². The lowest BCUT2D eigenvalue weighted by molar-refractivity contribution is -0.142. The van der Waals surface area contributed by atoms with Crippen molar-refractivity contribution in [3.8, 4) is 0 Å². The summed E-state index contributed by atoms with van der Waals surface area (Å²) in [6.07, 6.45) is 0. The highest BCUT2D eigenvalue weighted by molar-refractivity contribution is 5.92. The molecule has 1 rings (SSSR count). The number of carboxylic acid groups (broad SMARTS) is 1. The van der Waals surface area contributed by atoms with Crippen molar-refractivity contribution in [3.63, 3.8) is 0 Å². The summed E-state index contributed by atoms with van der Waals surface area (Å²) in [5, 5.41) is 11.9. The summed E-state index contributed by atoms with van der Waals surface area (Å²) in [6.45, 7) is 5.31. The predicted octanol–water partition coefficient (Wildman–Crippen LogP) is 1.58. The molecule has 1 atom stereocenters. The highest BCUT2D eigenvalue weighted by atomic mass is 16.4. The summed E-state index contributed by atoms with van der Waals surface area (Å²) in [5.74, 6) is -1.29. The fraction of sp³-hybridized carbons (Fsp3) is 0.429. The Hall–Kier alpha value is -1.88. The molecule has 1 aromatic carbocycles. The Bertz CT molecular complexity index is 466. The maximum Gasteiger partial charge on any atom is 0.313 e. The fourth-order valence-corrected chi connectivity index (χ4v) is 1.47. The second-order valence-corrected chi connectivity index (χ2v) is 5.13. The van der Waals surface area contributed by atoms with Crippen LogP contribution in [0.2, 0.25) is 0 Å². The van der Waals surface area contributed by atoms with Gasteiger partial charge in [0.25, 0.3) is 0 Å². The quantitative estimate of drug-likeness (QED) is 0.752. The first kappa shape index (κ1) is 15.2. The number of nitrogens with one attached hydrogen (secondary N) is 1. The summed E-state index contributed by atoms with van der Waals surface area (Å²) in [5.41, 5.74) is 5.78. The Balaban J connectivity index is 2.83. The van der Waals surface area contributed by atoms with Crippen LogP contribution >= 0.6 is 0 Å². The molecule has 0 saturated carbocycles. The maximum atomic E-state index is 11.6. The molecule has 104 valence electrons. The number of carboxylic acids is 1. The largest absolute Gasteiger partial charge is 0.481 e. The Morgan fingerprint density at radius 3 is 2.26 bits per heavy atom. The highest BCUT2D eigenvalue weighted by Gasteiger charge is 2.29. The number of hydrogen-bond donors (Lipinski definition) is 3. The van der Waals surface area contributed by atoms with E-state index in [4.69, 9.17) is 10.8 Å². The van der Waals surface area contributed by atoms with Crippen molar-refractivity contribution in [2.45, 2.75) is 26.2 Å². The van der Waals surface area contributed by atoms with E-state index < -0.39 is 11.4 Å². The summed E-state index contributed by atoms with van der Waals surface area (Å²) in [7, 11) is 0. The van der Waals surface area contributed by atoms with Gasteiger partial charge in [0.1, 0.15) is 0 Å². The number of aliphatic carboxylic acids is 1. The van der Waals surface area contributed by atoms with E-state index >= 15 is 0 Å². The summed E-state index contributed by atoms with van der Waals surface area (Å²) in [4.78, 5) is 22.8. The molecule has 0 aromatic heterocycles. The average molecular weight is 264 g/mol. The van der Waals surface area contributed by atoms with Gasteiger partial charge in [-0.1, -0.05) is 19.1 Å². The summed E-state index contributed by atoms with van der Waals surface area (Å²) >= 11 is 0. The van der Waals surface area contributed by atoms with E-state index in [9.17, 15) is 9.59 Å². The Morgan fingerprint density at radius 1 is 1.32 bits per heavy atom. The third kappa shape index (κ3) is 3.54. The van der Waals surface area contributed by atoms with E-state index in [1.165, 1.54) is 0 Å². The minimum atomic E-state index is -0.951. The van der Waals surface area contributed by atoms with Crippen molar-refractivity contribution >= 4 is 17.6 Å². The van der Waals surface area contributed by atoms with E-state index in [0.29, 0.717) is 11.3 Å². The molecule has 0 aliphatic heterocycles. The van der Waals surface area contributed by atoms with Crippen molar-refractivity contribution < 1.29 is 14.7 Å². The molecule has 1 unspecified atom stereocenters. The molecular formula is C14H20N2O3. The van der Waals surface area contributed by atoms with Gasteiger partial charge in [-0.3, -0.25) is 9.59 Å². The number of anilines is 1. The van der Waals surface area contributed by atoms with Crippen molar-refractivity contribution in [1.82, 2.24) is 0 Å². The van der Waals surface area contributed by atoms with Crippen molar-refractivity contribution in [2.75, 3.05) is 11.9 Å². The van der Waals surface area contributed by atoms with E-state index in [0.717, 1.165) is 0 Å². The van der Waals surface area contributed by atoms with Gasteiger partial charge < -0.3 is 16.2 Å². The van der Waals surface area contributed by atoms with Crippen LogP contribution in [-0.2, 0) is 15.0 Å². The molecule has 0 aliphatic rings. The average Bonchev–Trinajstić information content (AvgIpc) is 2.38. The second-order valence-electron chi connectivity index (χ2n) is 5.13. The van der Waals surface area contributed by atoms with Crippen LogP contribution in [0.15, 0.2) is 24.3 Å². The number of benzene rings is 1. The molecule has 0 radical (unpaired) electrons. The molecule has 19 heavy (non-hydrogen) atoms. The first-order valence-electron chi connectivity index (χ1n) is 6.14. The van der Waals surface area contributed by atoms with Crippen LogP contribution in [0.3, 0.4) is 0 Å². The van der Waals surface area contributed by atoms with Gasteiger partial charge in [-0.05, 0) is 31.5 Å². The Labute approximate surface area is 112 Å². The zero-order valence-corrected chi connectivity index (χ0v) is 11.4. The number of rotatable bonds is 5. The van der Waals surface area contributed by atoms with E-state index in [-0.39, 0.29) is 18.4 Å². The van der Waals surface area contributed by atoms with E-state index in [1.807, 2.05) is 0 Å². The first-order chi connectivity index (χ1) is 8.78. The molecule has 5 heteroatoms. The zero-order chi connectivity index (χ0) is 14.6. The van der Waals surface area contributed by atoms with Crippen LogP contribution < -0.4 is 11.1 Å². The van der Waals surface area contributed by atoms with Crippen molar-refractivity contribution in [3.05, 3.63) is 29.8 Å². The van der Waals surface area contributed by atoms with Crippen LogP contribution in [-0.4, -0.2) is 23.5 Å². The number of nitrogens with two attached hydrogens (primary N) is 1. The van der Waals surface area contributed by atoms with Gasteiger partial charge in [-0.25, -0.2) is 0 Å². The summed E-state index contributed by atoms with van der Waals surface area (Å²) in [6, 6.07) is 6.80. The molecule has 0 aliphatic carbocycles. The molecule has 5 nitrogen and oxygen atoms in total. The lowest BCUT2D eigenvalue weighted by atomic mass is 9.85. The Kier molecular flexibility index (Phi) is 4.67. The normalized spacial score (nSPS) is 12.8. The first-order valence-corrected chi connectivity index (χ1v) is 6.14. The van der Waals surface area contributed by atoms with Gasteiger partial charge in [0.05, 0.1) is 5.41 Å². The predicted molar refractivity (Wildman–Crippen MR) is 74.0 cm³/mol. The standard InChI is InChI=1S/C14H20N2O3/c1-9(8-15)12(17)16-11-6-4-10(5-7-11)14(2,3)13(18)19/h4-7,9H,8,15H2,1-3H3,(H,16,17)(H,18,19). The molecule has 0 fully saturated rings. The van der Waals surface area contributed by atoms with Crippen LogP contribution in [0.1, 0.15) is 26.3 Å². The topological polar surface area (TPSA) is 92.4 Å². The number of amides is 1. The van der Waals surface area contributed by atoms with Crippen LogP contribution in [0.25, 0.3) is 0 Å². The number of carbonyl (C=O) groups is 2. The molecule has 4 N–H and O–H groups in total. The minimum Gasteiger partial charge on any atom is -0.481 e. The minimum absolute atomic E-state index is 0.146. The molecule has 1 aromatic rings. The van der Waals surface area contributed by atoms with E-state index in [1.54, 1.807) is 45.0 Å². The van der Waals surface area contributed by atoms with Gasteiger partial charge in [-0.15, -0.1) is 0 Å². The fourth-order valence-electron chi connectivity index (χ4n) is 1.47. The SMILES string of the molecule is CC(CN)C(=O)Nc1ccc(C(C)(C)C(=O)O)cc1. The second kappa shape index (κ2) is 5.84. The smallest absolute Gasteiger partial charge is 0.313 e. The molecule has 0 bridgehead atoms. The van der Waals surface area contributed by atoms with Gasteiger partial charge in [0.15, 0.2) is 0 Å². The van der Waals surface area contributed by atoms with E-state index in [2.05, 4.69) is 5.32 Å². The third-order valence-corrected chi connectivity index (χ3v) is 3.21. The van der Waals surface area contributed by atoms with Crippen molar-refractivity contribution in [1.29, 1.82) is 0 Å². The van der Waals surface area contributed by atoms with Crippen molar-refractivity contribution in [2.24, 2.45) is 11.7 Å². The molecule has 1 amide bonds. The molecule has 0 saturated heterocycles. The molecule has 0 spiro atoms. The van der Waals surface area contributed by atoms with Gasteiger partial charge in [0, 0.05) is 18.2 Å². The van der Waals surface area contributed by atoms with Crippen LogP contribution in [0.5, 0.6) is 0 Å². The van der Waals surface area contributed by atoms with Gasteiger partial charge in [-0.2, -0.15) is 0 Å². The Morgan fingerprint density at radius 2 is 1.84 bits per heavy atom. The van der Waals surface area contributed by atoms with Gasteiger partial charge in [0.2, 0.25) is 5.91 Å². The summed E-state index contributed by atoms with van der Waals surface area (Å²) < 4.78 is 0. The number of carbonyl (C=O) groups excluding carboxylic acids is 1. The lowest BCUT2D eigenvalue weighted by Gasteiger charge is -2.20. The maximum absolute atomic E-state index is 11.6. The third-order valence-electron chi connectivity index (χ3n) is 3.21. The zero-order valence-electron chi connectivity index (χ0n) is 11.4. The monoisotopic (exact) mass is 264 g/mol. The highest BCUT2D eigenvalue weighted by Crippen LogP contribution is 2.24. The van der Waals surface area contributed by atoms with Crippen LogP contribution in [0.4, 0.5) is 5.69 Å². The lowest BCUT2D eigenvalue weighted by Crippen LogP contribution is -2.28. The molecule has 0 heterocycles. The number of hydrogen-bond acceptors (Lipinski definition) is 3. The van der Waals surface area contributed by atoms with Gasteiger partial charge >= 0.3 is 5.97 Å².